The zero-order chi connectivity index (χ0) is 16.0. The molecule has 122 valence electrons. The normalized spacial score (nSPS) is 26.9. The summed E-state index contributed by atoms with van der Waals surface area (Å²) in [7, 11) is 2.30. The van der Waals surface area contributed by atoms with Crippen molar-refractivity contribution < 1.29 is 0 Å². The third-order valence-electron chi connectivity index (χ3n) is 5.80. The van der Waals surface area contributed by atoms with E-state index in [0.29, 0.717) is 18.0 Å². The van der Waals surface area contributed by atoms with E-state index in [2.05, 4.69) is 71.8 Å². The van der Waals surface area contributed by atoms with Gasteiger partial charge in [-0.3, -0.25) is 9.80 Å². The van der Waals surface area contributed by atoms with Crippen molar-refractivity contribution in [1.82, 2.24) is 9.80 Å². The van der Waals surface area contributed by atoms with Crippen molar-refractivity contribution in [2.45, 2.75) is 38.4 Å². The highest BCUT2D eigenvalue weighted by Crippen LogP contribution is 2.51. The van der Waals surface area contributed by atoms with Crippen LogP contribution in [0.4, 0.5) is 0 Å². The molecule has 0 N–H and O–H groups in total. The van der Waals surface area contributed by atoms with Gasteiger partial charge in [0.05, 0.1) is 0 Å². The van der Waals surface area contributed by atoms with E-state index in [1.807, 2.05) is 11.3 Å². The first-order valence-electron chi connectivity index (χ1n) is 8.69. The van der Waals surface area contributed by atoms with Gasteiger partial charge in [-0.2, -0.15) is 11.3 Å². The van der Waals surface area contributed by atoms with Crippen LogP contribution in [0.5, 0.6) is 0 Å². The second-order valence-electron chi connectivity index (χ2n) is 7.43. The Balaban J connectivity index is 1.61. The number of nitrogens with zero attached hydrogens (tertiary/aromatic N) is 2. The van der Waals surface area contributed by atoms with Crippen molar-refractivity contribution >= 4 is 11.3 Å². The third-order valence-corrected chi connectivity index (χ3v) is 6.53. The van der Waals surface area contributed by atoms with Gasteiger partial charge in [-0.05, 0) is 60.3 Å². The average Bonchev–Trinajstić information content (AvgIpc) is 3.23. The van der Waals surface area contributed by atoms with Crippen molar-refractivity contribution in [3.05, 3.63) is 57.8 Å². The third kappa shape index (κ3) is 2.65. The fourth-order valence-electron chi connectivity index (χ4n) is 4.52. The number of fused-ring (bicyclic) bond motifs is 3. The molecule has 0 saturated carbocycles. The predicted molar refractivity (Wildman–Crippen MR) is 97.9 cm³/mol. The molecule has 1 aliphatic heterocycles. The van der Waals surface area contributed by atoms with Gasteiger partial charge >= 0.3 is 0 Å². The summed E-state index contributed by atoms with van der Waals surface area (Å²) >= 11 is 1.81. The SMILES string of the molecule is CC(C)N(C)[C@H]1c2ccccc2[C@H]2CN(Cc3ccsc3)C[C@H]21. The standard InChI is InChI=1S/C20H26N2S/c1-14(2)21(3)20-17-7-5-4-6-16(17)18-11-22(12-19(18)20)10-15-8-9-23-13-15/h4-9,13-14,18-20H,10-12H2,1-3H3/t18-,19-,20+/m1/s1. The second-order valence-corrected chi connectivity index (χ2v) is 8.21. The monoisotopic (exact) mass is 326 g/mol. The van der Waals surface area contributed by atoms with Crippen LogP contribution in [0.2, 0.25) is 0 Å². The van der Waals surface area contributed by atoms with Gasteiger partial charge in [0.25, 0.3) is 0 Å². The van der Waals surface area contributed by atoms with Gasteiger partial charge in [-0.1, -0.05) is 24.3 Å². The topological polar surface area (TPSA) is 6.48 Å². The van der Waals surface area contributed by atoms with Crippen LogP contribution in [-0.4, -0.2) is 36.0 Å². The van der Waals surface area contributed by atoms with Crippen molar-refractivity contribution in [2.75, 3.05) is 20.1 Å². The Morgan fingerprint density at radius 2 is 1.96 bits per heavy atom. The molecule has 2 heterocycles. The Labute approximate surface area is 143 Å². The lowest BCUT2D eigenvalue weighted by molar-refractivity contribution is 0.145. The Morgan fingerprint density at radius 1 is 1.17 bits per heavy atom. The van der Waals surface area contributed by atoms with Gasteiger partial charge in [0, 0.05) is 37.6 Å². The molecule has 0 bridgehead atoms. The van der Waals surface area contributed by atoms with Crippen LogP contribution in [0.1, 0.15) is 42.5 Å². The van der Waals surface area contributed by atoms with Crippen LogP contribution in [0.3, 0.4) is 0 Å². The minimum Gasteiger partial charge on any atom is -0.298 e. The summed E-state index contributed by atoms with van der Waals surface area (Å²) in [5.74, 6) is 1.44. The Bertz CT molecular complexity index is 664. The van der Waals surface area contributed by atoms with Crippen LogP contribution >= 0.6 is 11.3 Å². The van der Waals surface area contributed by atoms with Crippen LogP contribution in [0, 0.1) is 5.92 Å². The van der Waals surface area contributed by atoms with Crippen LogP contribution < -0.4 is 0 Å². The smallest absolute Gasteiger partial charge is 0.0397 e. The maximum Gasteiger partial charge on any atom is 0.0397 e. The fraction of sp³-hybridized carbons (Fsp3) is 0.500. The number of hydrogen-bond donors (Lipinski definition) is 0. The summed E-state index contributed by atoms with van der Waals surface area (Å²) in [5.41, 5.74) is 4.65. The van der Waals surface area contributed by atoms with E-state index in [1.54, 1.807) is 11.1 Å². The number of rotatable bonds is 4. The quantitative estimate of drug-likeness (QED) is 0.824. The summed E-state index contributed by atoms with van der Waals surface area (Å²) in [4.78, 5) is 5.24. The summed E-state index contributed by atoms with van der Waals surface area (Å²) in [6.45, 7) is 8.16. The molecular weight excluding hydrogens is 300 g/mol. The molecule has 3 heteroatoms. The van der Waals surface area contributed by atoms with Gasteiger partial charge < -0.3 is 0 Å². The molecule has 0 spiro atoms. The van der Waals surface area contributed by atoms with Crippen LogP contribution in [0.25, 0.3) is 0 Å². The van der Waals surface area contributed by atoms with Gasteiger partial charge in [-0.15, -0.1) is 0 Å². The van der Waals surface area contributed by atoms with Crippen molar-refractivity contribution in [3.8, 4) is 0 Å². The number of thiophene rings is 1. The lowest BCUT2D eigenvalue weighted by atomic mass is 9.93. The molecule has 4 rings (SSSR count). The Morgan fingerprint density at radius 3 is 2.65 bits per heavy atom. The average molecular weight is 327 g/mol. The Kier molecular flexibility index (Phi) is 4.04. The molecule has 2 nitrogen and oxygen atoms in total. The minimum atomic E-state index is 0.573. The van der Waals surface area contributed by atoms with Gasteiger partial charge in [0.2, 0.25) is 0 Å². The zero-order valence-corrected chi connectivity index (χ0v) is 15.1. The molecule has 1 saturated heterocycles. The number of likely N-dealkylation sites (tertiary alicyclic amines) is 1. The molecule has 1 aromatic carbocycles. The molecule has 23 heavy (non-hydrogen) atoms. The highest BCUT2D eigenvalue weighted by Gasteiger charge is 2.47. The van der Waals surface area contributed by atoms with E-state index >= 15 is 0 Å². The molecular formula is C20H26N2S. The van der Waals surface area contributed by atoms with Crippen LogP contribution in [-0.2, 0) is 6.54 Å². The summed E-state index contributed by atoms with van der Waals surface area (Å²) in [5, 5.41) is 4.48. The molecule has 2 aliphatic rings. The lowest BCUT2D eigenvalue weighted by Gasteiger charge is -2.33. The fourth-order valence-corrected chi connectivity index (χ4v) is 5.18. The first kappa shape index (κ1) is 15.4. The van der Waals surface area contributed by atoms with Crippen LogP contribution in [0.15, 0.2) is 41.1 Å². The van der Waals surface area contributed by atoms with E-state index in [9.17, 15) is 0 Å². The van der Waals surface area contributed by atoms with E-state index in [4.69, 9.17) is 0 Å². The van der Waals surface area contributed by atoms with Gasteiger partial charge in [0.15, 0.2) is 0 Å². The highest BCUT2D eigenvalue weighted by molar-refractivity contribution is 7.07. The van der Waals surface area contributed by atoms with Crippen molar-refractivity contribution in [1.29, 1.82) is 0 Å². The summed E-state index contributed by atoms with van der Waals surface area (Å²) in [6, 6.07) is 12.6. The maximum absolute atomic E-state index is 2.66. The zero-order valence-electron chi connectivity index (χ0n) is 14.3. The van der Waals surface area contributed by atoms with Crippen molar-refractivity contribution in [2.24, 2.45) is 5.92 Å². The number of hydrogen-bond acceptors (Lipinski definition) is 3. The lowest BCUT2D eigenvalue weighted by Crippen LogP contribution is -2.35. The second kappa shape index (κ2) is 6.04. The molecule has 0 radical (unpaired) electrons. The Hall–Kier alpha value is -1.16. The van der Waals surface area contributed by atoms with Gasteiger partial charge in [-0.25, -0.2) is 0 Å². The molecule has 0 amide bonds. The molecule has 1 aromatic heterocycles. The first-order valence-corrected chi connectivity index (χ1v) is 9.63. The number of benzene rings is 1. The minimum absolute atomic E-state index is 0.573. The summed E-state index contributed by atoms with van der Waals surface area (Å²) < 4.78 is 0. The largest absolute Gasteiger partial charge is 0.298 e. The summed E-state index contributed by atoms with van der Waals surface area (Å²) in [6.07, 6.45) is 0. The van der Waals surface area contributed by atoms with E-state index in [1.165, 1.54) is 18.7 Å². The van der Waals surface area contributed by atoms with Gasteiger partial charge in [0.1, 0.15) is 0 Å². The maximum atomic E-state index is 2.66. The molecule has 0 unspecified atom stereocenters. The van der Waals surface area contributed by atoms with E-state index in [-0.39, 0.29) is 0 Å². The molecule has 2 aromatic rings. The van der Waals surface area contributed by atoms with Crippen molar-refractivity contribution in [3.63, 3.8) is 0 Å². The van der Waals surface area contributed by atoms with E-state index in [0.717, 1.165) is 12.5 Å². The van der Waals surface area contributed by atoms with E-state index < -0.39 is 0 Å². The molecule has 3 atom stereocenters. The molecule has 1 aliphatic carbocycles. The molecule has 1 fully saturated rings. The first-order chi connectivity index (χ1) is 11.1. The predicted octanol–water partition coefficient (Wildman–Crippen LogP) is 4.36. The highest BCUT2D eigenvalue weighted by atomic mass is 32.1.